The zero-order valence-electron chi connectivity index (χ0n) is 13.3. The van der Waals surface area contributed by atoms with Crippen LogP contribution < -0.4 is 10.2 Å². The third-order valence-electron chi connectivity index (χ3n) is 3.93. The number of amides is 1. The number of nitrogens with zero attached hydrogens (tertiary/aromatic N) is 3. The van der Waals surface area contributed by atoms with Gasteiger partial charge in [0.15, 0.2) is 0 Å². The van der Waals surface area contributed by atoms with Crippen molar-refractivity contribution in [2.75, 3.05) is 18.0 Å². The van der Waals surface area contributed by atoms with Crippen LogP contribution in [0.15, 0.2) is 12.4 Å². The van der Waals surface area contributed by atoms with Crippen molar-refractivity contribution in [3.05, 3.63) is 18.1 Å². The minimum absolute atomic E-state index is 0.145. The van der Waals surface area contributed by atoms with Gasteiger partial charge in [0.2, 0.25) is 0 Å². The predicted molar refractivity (Wildman–Crippen MR) is 84.5 cm³/mol. The summed E-state index contributed by atoms with van der Waals surface area (Å²) in [6.45, 7) is 8.04. The molecule has 1 atom stereocenters. The first-order valence-corrected chi connectivity index (χ1v) is 7.98. The van der Waals surface area contributed by atoms with E-state index in [-0.39, 0.29) is 5.91 Å². The van der Waals surface area contributed by atoms with E-state index < -0.39 is 0 Å². The lowest BCUT2D eigenvalue weighted by atomic mass is 10.0. The molecule has 1 aromatic heterocycles. The first-order valence-electron chi connectivity index (χ1n) is 7.98. The lowest BCUT2D eigenvalue weighted by Crippen LogP contribution is -2.39. The Bertz CT molecular complexity index is 458. The molecule has 0 spiro atoms. The number of carbonyl (C=O) groups is 1. The molecule has 2 rings (SSSR count). The molecule has 1 saturated heterocycles. The molecule has 0 bridgehead atoms. The fourth-order valence-electron chi connectivity index (χ4n) is 2.70. The quantitative estimate of drug-likeness (QED) is 0.905. The van der Waals surface area contributed by atoms with E-state index in [4.69, 9.17) is 0 Å². The molecule has 0 saturated carbocycles. The topological polar surface area (TPSA) is 58.1 Å². The van der Waals surface area contributed by atoms with E-state index in [2.05, 4.69) is 41.0 Å². The minimum atomic E-state index is -0.145. The Morgan fingerprint density at radius 2 is 2.19 bits per heavy atom. The maximum Gasteiger partial charge on any atom is 0.271 e. The van der Waals surface area contributed by atoms with E-state index in [0.29, 0.717) is 24.2 Å². The Balaban J connectivity index is 2.02. The fourth-order valence-corrected chi connectivity index (χ4v) is 2.70. The smallest absolute Gasteiger partial charge is 0.271 e. The van der Waals surface area contributed by atoms with Crippen LogP contribution in [-0.4, -0.2) is 35.0 Å². The van der Waals surface area contributed by atoms with Crippen molar-refractivity contribution in [2.45, 2.75) is 52.5 Å². The van der Waals surface area contributed by atoms with Gasteiger partial charge in [-0.1, -0.05) is 20.8 Å². The molecule has 0 radical (unpaired) electrons. The summed E-state index contributed by atoms with van der Waals surface area (Å²) in [7, 11) is 0. The fraction of sp³-hybridized carbons (Fsp3) is 0.688. The molecule has 21 heavy (non-hydrogen) atoms. The molecule has 1 aliphatic rings. The first kappa shape index (κ1) is 15.7. The summed E-state index contributed by atoms with van der Waals surface area (Å²) in [5.74, 6) is 1.18. The zero-order valence-corrected chi connectivity index (χ0v) is 13.3. The number of aromatic nitrogens is 2. The molecular formula is C16H26N4O. The third kappa shape index (κ3) is 4.16. The summed E-state index contributed by atoms with van der Waals surface area (Å²) in [6.07, 6.45) is 8.16. The number of anilines is 1. The molecule has 1 aromatic rings. The van der Waals surface area contributed by atoms with Crippen LogP contribution in [0.25, 0.3) is 0 Å². The highest BCUT2D eigenvalue weighted by atomic mass is 16.1. The standard InChI is InChI=1S/C16H26N4O/c1-4-13-7-5-6-8-20(13)15-11-17-14(10-18-15)16(21)19-9-12(2)3/h10-13H,4-9H2,1-3H3,(H,19,21). The van der Waals surface area contributed by atoms with Gasteiger partial charge in [-0.2, -0.15) is 0 Å². The van der Waals surface area contributed by atoms with Crippen LogP contribution in [0, 0.1) is 5.92 Å². The first-order chi connectivity index (χ1) is 10.1. The average molecular weight is 290 g/mol. The zero-order chi connectivity index (χ0) is 15.2. The largest absolute Gasteiger partial charge is 0.352 e. The van der Waals surface area contributed by atoms with Gasteiger partial charge >= 0.3 is 0 Å². The van der Waals surface area contributed by atoms with Crippen LogP contribution >= 0.6 is 0 Å². The van der Waals surface area contributed by atoms with Crippen LogP contribution in [-0.2, 0) is 0 Å². The second-order valence-electron chi connectivity index (χ2n) is 6.11. The number of rotatable bonds is 5. The highest BCUT2D eigenvalue weighted by Gasteiger charge is 2.22. The second-order valence-corrected chi connectivity index (χ2v) is 6.11. The third-order valence-corrected chi connectivity index (χ3v) is 3.93. The lowest BCUT2D eigenvalue weighted by Gasteiger charge is -2.35. The van der Waals surface area contributed by atoms with Crippen molar-refractivity contribution in [3.63, 3.8) is 0 Å². The van der Waals surface area contributed by atoms with Gasteiger partial charge in [0.1, 0.15) is 11.5 Å². The highest BCUT2D eigenvalue weighted by molar-refractivity contribution is 5.92. The van der Waals surface area contributed by atoms with Gasteiger partial charge < -0.3 is 10.2 Å². The molecule has 116 valence electrons. The van der Waals surface area contributed by atoms with Gasteiger partial charge in [-0.15, -0.1) is 0 Å². The predicted octanol–water partition coefficient (Wildman–Crippen LogP) is 2.63. The van der Waals surface area contributed by atoms with Gasteiger partial charge in [0, 0.05) is 19.1 Å². The van der Waals surface area contributed by atoms with Crippen molar-refractivity contribution in [3.8, 4) is 0 Å². The maximum absolute atomic E-state index is 11.9. The molecule has 0 aliphatic carbocycles. The Morgan fingerprint density at radius 1 is 1.38 bits per heavy atom. The van der Waals surface area contributed by atoms with Crippen LogP contribution in [0.4, 0.5) is 5.82 Å². The summed E-state index contributed by atoms with van der Waals surface area (Å²) in [6, 6.07) is 0.550. The SMILES string of the molecule is CCC1CCCCN1c1cnc(C(=O)NCC(C)C)cn1. The van der Waals surface area contributed by atoms with Crippen molar-refractivity contribution >= 4 is 11.7 Å². The molecule has 1 fully saturated rings. The molecule has 1 amide bonds. The molecule has 1 aliphatic heterocycles. The van der Waals surface area contributed by atoms with E-state index in [1.54, 1.807) is 12.4 Å². The average Bonchev–Trinajstić information content (AvgIpc) is 2.52. The Labute approximate surface area is 127 Å². The van der Waals surface area contributed by atoms with Gasteiger partial charge in [0.25, 0.3) is 5.91 Å². The van der Waals surface area contributed by atoms with Gasteiger partial charge in [0.05, 0.1) is 12.4 Å². The number of carbonyl (C=O) groups excluding carboxylic acids is 1. The summed E-state index contributed by atoms with van der Waals surface area (Å²) in [5.41, 5.74) is 0.393. The van der Waals surface area contributed by atoms with E-state index in [1.807, 2.05) is 0 Å². The second kappa shape index (κ2) is 7.38. The minimum Gasteiger partial charge on any atom is -0.352 e. The van der Waals surface area contributed by atoms with Crippen LogP contribution in [0.5, 0.6) is 0 Å². The highest BCUT2D eigenvalue weighted by Crippen LogP contribution is 2.24. The van der Waals surface area contributed by atoms with Crippen LogP contribution in [0.2, 0.25) is 0 Å². The van der Waals surface area contributed by atoms with Crippen LogP contribution in [0.3, 0.4) is 0 Å². The molecule has 0 aromatic carbocycles. The van der Waals surface area contributed by atoms with E-state index >= 15 is 0 Å². The molecular weight excluding hydrogens is 264 g/mol. The Kier molecular flexibility index (Phi) is 5.53. The summed E-state index contributed by atoms with van der Waals surface area (Å²) >= 11 is 0. The Hall–Kier alpha value is -1.65. The van der Waals surface area contributed by atoms with E-state index in [1.165, 1.54) is 19.3 Å². The van der Waals surface area contributed by atoms with E-state index in [9.17, 15) is 4.79 Å². The molecule has 5 nitrogen and oxygen atoms in total. The van der Waals surface area contributed by atoms with Gasteiger partial charge in [-0.3, -0.25) is 4.79 Å². The number of piperidine rings is 1. The normalized spacial score (nSPS) is 18.9. The number of nitrogens with one attached hydrogen (secondary N) is 1. The number of hydrogen-bond acceptors (Lipinski definition) is 4. The number of hydrogen-bond donors (Lipinski definition) is 1. The van der Waals surface area contributed by atoms with Gasteiger partial charge in [-0.05, 0) is 31.6 Å². The van der Waals surface area contributed by atoms with E-state index in [0.717, 1.165) is 18.8 Å². The summed E-state index contributed by atoms with van der Waals surface area (Å²) < 4.78 is 0. The van der Waals surface area contributed by atoms with Gasteiger partial charge in [-0.25, -0.2) is 9.97 Å². The maximum atomic E-state index is 11.9. The van der Waals surface area contributed by atoms with Crippen molar-refractivity contribution in [1.29, 1.82) is 0 Å². The molecule has 1 N–H and O–H groups in total. The summed E-state index contributed by atoms with van der Waals surface area (Å²) in [4.78, 5) is 23.0. The van der Waals surface area contributed by atoms with Crippen molar-refractivity contribution in [2.24, 2.45) is 5.92 Å². The van der Waals surface area contributed by atoms with Crippen LogP contribution in [0.1, 0.15) is 56.9 Å². The Morgan fingerprint density at radius 3 is 2.81 bits per heavy atom. The summed E-state index contributed by atoms with van der Waals surface area (Å²) in [5, 5.41) is 2.86. The lowest BCUT2D eigenvalue weighted by molar-refractivity contribution is 0.0943. The molecule has 5 heteroatoms. The molecule has 2 heterocycles. The van der Waals surface area contributed by atoms with Crippen molar-refractivity contribution in [1.82, 2.24) is 15.3 Å². The van der Waals surface area contributed by atoms with Crippen molar-refractivity contribution < 1.29 is 4.79 Å². The monoisotopic (exact) mass is 290 g/mol. The molecule has 1 unspecified atom stereocenters.